The van der Waals surface area contributed by atoms with Crippen molar-refractivity contribution in [1.82, 2.24) is 4.72 Å². The van der Waals surface area contributed by atoms with Crippen molar-refractivity contribution in [3.63, 3.8) is 0 Å². The van der Waals surface area contributed by atoms with Crippen molar-refractivity contribution in [2.45, 2.75) is 43.5 Å². The fraction of sp³-hybridized carbons (Fsp3) is 0.571. The Kier molecular flexibility index (Phi) is 4.47. The molecule has 1 saturated carbocycles. The van der Waals surface area contributed by atoms with Crippen molar-refractivity contribution < 1.29 is 8.42 Å². The van der Waals surface area contributed by atoms with Gasteiger partial charge >= 0.3 is 0 Å². The molecule has 1 aliphatic carbocycles. The van der Waals surface area contributed by atoms with Gasteiger partial charge in [-0.3, -0.25) is 0 Å². The van der Waals surface area contributed by atoms with Gasteiger partial charge in [0.15, 0.2) is 0 Å². The van der Waals surface area contributed by atoms with Crippen LogP contribution in [0.5, 0.6) is 0 Å². The molecule has 0 radical (unpaired) electrons. The molecule has 0 spiro atoms. The summed E-state index contributed by atoms with van der Waals surface area (Å²) in [6, 6.07) is 7.46. The third-order valence-electron chi connectivity index (χ3n) is 3.82. The standard InChI is InChI=1S/C14H22N2O2S/c1-11-3-5-12(6-4-11)16-13-7-9-14(10-8-13)19(17,18)15-2/h7-12,15-16H,3-6H2,1-2H3. The molecule has 106 valence electrons. The first-order valence-electron chi connectivity index (χ1n) is 6.81. The normalized spacial score (nSPS) is 24.1. The van der Waals surface area contributed by atoms with Gasteiger partial charge in [0, 0.05) is 11.7 Å². The molecule has 1 aromatic rings. The molecular formula is C14H22N2O2S. The zero-order valence-electron chi connectivity index (χ0n) is 11.5. The molecular weight excluding hydrogens is 260 g/mol. The molecule has 0 heterocycles. The molecule has 2 rings (SSSR count). The number of hydrogen-bond donors (Lipinski definition) is 2. The monoisotopic (exact) mass is 282 g/mol. The molecule has 5 heteroatoms. The molecule has 0 aliphatic heterocycles. The minimum Gasteiger partial charge on any atom is -0.382 e. The number of hydrogen-bond acceptors (Lipinski definition) is 3. The maximum Gasteiger partial charge on any atom is 0.240 e. The van der Waals surface area contributed by atoms with Crippen molar-refractivity contribution in [2.75, 3.05) is 12.4 Å². The molecule has 0 bridgehead atoms. The van der Waals surface area contributed by atoms with Crippen LogP contribution in [0.4, 0.5) is 5.69 Å². The van der Waals surface area contributed by atoms with Crippen molar-refractivity contribution in [2.24, 2.45) is 5.92 Å². The molecule has 19 heavy (non-hydrogen) atoms. The van der Waals surface area contributed by atoms with Crippen LogP contribution in [0.3, 0.4) is 0 Å². The summed E-state index contributed by atoms with van der Waals surface area (Å²) in [4.78, 5) is 0.304. The summed E-state index contributed by atoms with van der Waals surface area (Å²) in [6.07, 6.45) is 4.92. The number of sulfonamides is 1. The molecule has 1 aliphatic rings. The second-order valence-corrected chi connectivity index (χ2v) is 7.22. The van der Waals surface area contributed by atoms with Crippen LogP contribution in [-0.4, -0.2) is 21.5 Å². The maximum absolute atomic E-state index is 11.6. The van der Waals surface area contributed by atoms with E-state index in [1.165, 1.54) is 32.7 Å². The topological polar surface area (TPSA) is 58.2 Å². The zero-order valence-corrected chi connectivity index (χ0v) is 12.3. The Morgan fingerprint density at radius 3 is 2.16 bits per heavy atom. The Labute approximate surface area is 115 Å². The zero-order chi connectivity index (χ0) is 13.9. The van der Waals surface area contributed by atoms with Gasteiger partial charge in [0.1, 0.15) is 0 Å². The summed E-state index contributed by atoms with van der Waals surface area (Å²) < 4.78 is 25.5. The fourth-order valence-electron chi connectivity index (χ4n) is 2.49. The fourth-order valence-corrected chi connectivity index (χ4v) is 3.22. The SMILES string of the molecule is CNS(=O)(=O)c1ccc(NC2CCC(C)CC2)cc1. The number of benzene rings is 1. The minimum atomic E-state index is -3.33. The van der Waals surface area contributed by atoms with Crippen LogP contribution < -0.4 is 10.0 Å². The predicted molar refractivity (Wildman–Crippen MR) is 77.7 cm³/mol. The molecule has 2 N–H and O–H groups in total. The highest BCUT2D eigenvalue weighted by atomic mass is 32.2. The lowest BCUT2D eigenvalue weighted by Crippen LogP contribution is -2.25. The number of anilines is 1. The first kappa shape index (κ1) is 14.3. The third-order valence-corrected chi connectivity index (χ3v) is 5.25. The van der Waals surface area contributed by atoms with E-state index in [2.05, 4.69) is 17.0 Å². The van der Waals surface area contributed by atoms with Gasteiger partial charge in [-0.05, 0) is 62.9 Å². The second-order valence-electron chi connectivity index (χ2n) is 5.33. The van der Waals surface area contributed by atoms with Gasteiger partial charge in [0.25, 0.3) is 0 Å². The quantitative estimate of drug-likeness (QED) is 0.892. The first-order valence-corrected chi connectivity index (χ1v) is 8.30. The van der Waals surface area contributed by atoms with Crippen LogP contribution in [0.25, 0.3) is 0 Å². The van der Waals surface area contributed by atoms with Gasteiger partial charge in [-0.15, -0.1) is 0 Å². The highest BCUT2D eigenvalue weighted by Gasteiger charge is 2.18. The Balaban J connectivity index is 1.99. The van der Waals surface area contributed by atoms with Crippen LogP contribution in [0, 0.1) is 5.92 Å². The average Bonchev–Trinajstić information content (AvgIpc) is 2.42. The van der Waals surface area contributed by atoms with Gasteiger partial charge < -0.3 is 5.32 Å². The molecule has 1 aromatic carbocycles. The summed E-state index contributed by atoms with van der Waals surface area (Å²) in [7, 11) is -1.91. The van der Waals surface area contributed by atoms with E-state index in [0.717, 1.165) is 11.6 Å². The van der Waals surface area contributed by atoms with Gasteiger partial charge in [-0.1, -0.05) is 6.92 Å². The van der Waals surface area contributed by atoms with Crippen LogP contribution in [-0.2, 0) is 10.0 Å². The Morgan fingerprint density at radius 2 is 1.63 bits per heavy atom. The Bertz CT molecular complexity index is 503. The second kappa shape index (κ2) is 5.92. The van der Waals surface area contributed by atoms with E-state index in [0.29, 0.717) is 10.9 Å². The van der Waals surface area contributed by atoms with Gasteiger partial charge in [-0.2, -0.15) is 0 Å². The lowest BCUT2D eigenvalue weighted by molar-refractivity contribution is 0.361. The molecule has 4 nitrogen and oxygen atoms in total. The summed E-state index contributed by atoms with van der Waals surface area (Å²) in [5.41, 5.74) is 0.995. The lowest BCUT2D eigenvalue weighted by atomic mass is 9.87. The molecule has 0 atom stereocenters. The summed E-state index contributed by atoms with van der Waals surface area (Å²) in [5, 5.41) is 3.48. The molecule has 0 saturated heterocycles. The van der Waals surface area contributed by atoms with E-state index >= 15 is 0 Å². The third kappa shape index (κ3) is 3.70. The summed E-state index contributed by atoms with van der Waals surface area (Å²) >= 11 is 0. The lowest BCUT2D eigenvalue weighted by Gasteiger charge is -2.27. The van der Waals surface area contributed by atoms with E-state index in [1.54, 1.807) is 12.1 Å². The van der Waals surface area contributed by atoms with Gasteiger partial charge in [0.2, 0.25) is 10.0 Å². The average molecular weight is 282 g/mol. The van der Waals surface area contributed by atoms with Crippen LogP contribution in [0.1, 0.15) is 32.6 Å². The molecule has 0 amide bonds. The first-order chi connectivity index (χ1) is 9.01. The van der Waals surface area contributed by atoms with E-state index < -0.39 is 10.0 Å². The number of nitrogens with one attached hydrogen (secondary N) is 2. The largest absolute Gasteiger partial charge is 0.382 e. The van der Waals surface area contributed by atoms with Crippen molar-refractivity contribution in [3.8, 4) is 0 Å². The van der Waals surface area contributed by atoms with E-state index in [1.807, 2.05) is 12.1 Å². The van der Waals surface area contributed by atoms with E-state index in [9.17, 15) is 8.42 Å². The number of rotatable bonds is 4. The maximum atomic E-state index is 11.6. The van der Waals surface area contributed by atoms with Crippen LogP contribution in [0.2, 0.25) is 0 Å². The highest BCUT2D eigenvalue weighted by molar-refractivity contribution is 7.89. The van der Waals surface area contributed by atoms with Crippen molar-refractivity contribution in [3.05, 3.63) is 24.3 Å². The Hall–Kier alpha value is -1.07. The van der Waals surface area contributed by atoms with E-state index in [4.69, 9.17) is 0 Å². The Morgan fingerprint density at radius 1 is 1.05 bits per heavy atom. The summed E-state index contributed by atoms with van der Waals surface area (Å²) in [6.45, 7) is 2.30. The van der Waals surface area contributed by atoms with Crippen LogP contribution in [0.15, 0.2) is 29.2 Å². The van der Waals surface area contributed by atoms with E-state index in [-0.39, 0.29) is 0 Å². The highest BCUT2D eigenvalue weighted by Crippen LogP contribution is 2.26. The molecule has 1 fully saturated rings. The molecule has 0 aromatic heterocycles. The van der Waals surface area contributed by atoms with Crippen molar-refractivity contribution >= 4 is 15.7 Å². The van der Waals surface area contributed by atoms with Gasteiger partial charge in [-0.25, -0.2) is 13.1 Å². The molecule has 0 unspecified atom stereocenters. The van der Waals surface area contributed by atoms with Gasteiger partial charge in [0.05, 0.1) is 4.90 Å². The predicted octanol–water partition coefficient (Wildman–Crippen LogP) is 2.59. The van der Waals surface area contributed by atoms with Crippen molar-refractivity contribution in [1.29, 1.82) is 0 Å². The smallest absolute Gasteiger partial charge is 0.240 e. The minimum absolute atomic E-state index is 0.304. The van der Waals surface area contributed by atoms with Crippen LogP contribution >= 0.6 is 0 Å². The summed E-state index contributed by atoms with van der Waals surface area (Å²) in [5.74, 6) is 0.834.